The maximum atomic E-state index is 5.93. The van der Waals surface area contributed by atoms with Gasteiger partial charge in [0.05, 0.1) is 4.90 Å². The van der Waals surface area contributed by atoms with Gasteiger partial charge in [-0.3, -0.25) is 0 Å². The van der Waals surface area contributed by atoms with E-state index in [0.29, 0.717) is 5.02 Å². The highest BCUT2D eigenvalue weighted by Crippen LogP contribution is 2.42. The number of benzene rings is 1. The van der Waals surface area contributed by atoms with Crippen LogP contribution in [0.1, 0.15) is 0 Å². The van der Waals surface area contributed by atoms with Gasteiger partial charge in [-0.15, -0.1) is 0 Å². The fraction of sp³-hybridized carbons (Fsp3) is 0. The van der Waals surface area contributed by atoms with Crippen molar-refractivity contribution in [3.8, 4) is 0 Å². The van der Waals surface area contributed by atoms with Crippen LogP contribution in [0.25, 0.3) is 0 Å². The maximum Gasteiger partial charge on any atom is 0.175 e. The highest BCUT2D eigenvalue weighted by molar-refractivity contribution is 8.74. The molecule has 2 rings (SSSR count). The van der Waals surface area contributed by atoms with Crippen LogP contribution in [0.5, 0.6) is 0 Å². The summed E-state index contributed by atoms with van der Waals surface area (Å²) in [6.45, 7) is 0. The molecule has 0 bridgehead atoms. The number of hydrogen-bond donors (Lipinski definition) is 1. The number of fused-ring (bicyclic) bond motifs is 1. The minimum Gasteiger partial charge on any atom is -1.00 e. The highest BCUT2D eigenvalue weighted by atomic mass is 35.5. The second-order valence-corrected chi connectivity index (χ2v) is 5.05. The van der Waals surface area contributed by atoms with Crippen molar-refractivity contribution in [1.29, 1.82) is 0 Å². The molecule has 0 fully saturated rings. The van der Waals surface area contributed by atoms with Crippen molar-refractivity contribution in [2.24, 2.45) is 0 Å². The molecule has 66 valence electrons. The fourth-order valence-electron chi connectivity index (χ4n) is 0.868. The molecule has 0 radical (unpaired) electrons. The molecule has 1 aliphatic rings. The molecule has 0 saturated heterocycles. The molecule has 12 heavy (non-hydrogen) atoms. The number of quaternary nitrogens is 1. The summed E-state index contributed by atoms with van der Waals surface area (Å²) in [7, 11) is 3.36. The summed E-state index contributed by atoms with van der Waals surface area (Å²) >= 11 is 11.7. The van der Waals surface area contributed by atoms with E-state index < -0.39 is 0 Å². The molecular weight excluding hydrogens is 257 g/mol. The lowest BCUT2D eigenvalue weighted by Gasteiger charge is -1.95. The normalized spacial score (nSPS) is 13.8. The maximum absolute atomic E-state index is 5.93. The van der Waals surface area contributed by atoms with Gasteiger partial charge in [0.1, 0.15) is 5.02 Å². The number of rotatable bonds is 0. The molecular formula is C6H4Cl3NS2. The van der Waals surface area contributed by atoms with Crippen LogP contribution < -0.4 is 17.1 Å². The van der Waals surface area contributed by atoms with Gasteiger partial charge in [0, 0.05) is 15.8 Å². The van der Waals surface area contributed by atoms with Crippen molar-refractivity contribution >= 4 is 50.7 Å². The van der Waals surface area contributed by atoms with E-state index in [-0.39, 0.29) is 12.4 Å². The first-order valence-corrected chi connectivity index (χ1v) is 5.90. The molecule has 2 N–H and O–H groups in total. The quantitative estimate of drug-likeness (QED) is 0.397. The van der Waals surface area contributed by atoms with E-state index in [1.165, 1.54) is 0 Å². The van der Waals surface area contributed by atoms with Gasteiger partial charge >= 0.3 is 0 Å². The second-order valence-electron chi connectivity index (χ2n) is 2.10. The summed E-state index contributed by atoms with van der Waals surface area (Å²) in [6.07, 6.45) is 0. The van der Waals surface area contributed by atoms with Crippen LogP contribution >= 0.6 is 45.0 Å². The van der Waals surface area contributed by atoms with Crippen LogP contribution in [0.3, 0.4) is 0 Å². The Morgan fingerprint density at radius 1 is 1.25 bits per heavy atom. The lowest BCUT2D eigenvalue weighted by atomic mass is 10.3. The molecule has 1 aliphatic heterocycles. The number of halogens is 3. The Morgan fingerprint density at radius 2 is 2.00 bits per heavy atom. The third-order valence-corrected chi connectivity index (χ3v) is 3.95. The monoisotopic (exact) mass is 259 g/mol. The van der Waals surface area contributed by atoms with Crippen molar-refractivity contribution in [1.82, 2.24) is 0 Å². The van der Waals surface area contributed by atoms with Crippen LogP contribution in [0.15, 0.2) is 17.0 Å². The molecule has 1 aromatic carbocycles. The van der Waals surface area contributed by atoms with E-state index in [9.17, 15) is 0 Å². The summed E-state index contributed by atoms with van der Waals surface area (Å²) < 4.78 is 2.04. The van der Waals surface area contributed by atoms with Crippen LogP contribution in [0.4, 0.5) is 5.69 Å². The van der Waals surface area contributed by atoms with Crippen molar-refractivity contribution in [2.45, 2.75) is 4.90 Å². The Balaban J connectivity index is 0.000000720. The lowest BCUT2D eigenvalue weighted by Crippen LogP contribution is -3.00. The van der Waals surface area contributed by atoms with Gasteiger partial charge in [0.2, 0.25) is 0 Å². The molecule has 0 aromatic heterocycles. The zero-order valence-electron chi connectivity index (χ0n) is 5.68. The third kappa shape index (κ3) is 1.97. The first kappa shape index (κ1) is 10.8. The molecule has 0 spiro atoms. The van der Waals surface area contributed by atoms with Crippen LogP contribution in [0.2, 0.25) is 10.0 Å². The molecule has 0 atom stereocenters. The first-order chi connectivity index (χ1) is 5.27. The average Bonchev–Trinajstić information content (AvgIpc) is 2.34. The minimum absolute atomic E-state index is 0. The van der Waals surface area contributed by atoms with E-state index in [2.05, 4.69) is 0 Å². The summed E-state index contributed by atoms with van der Waals surface area (Å²) in [5.74, 6) is 0. The Hall–Kier alpha value is 0.750. The van der Waals surface area contributed by atoms with Crippen molar-refractivity contribution in [3.63, 3.8) is 0 Å². The SMILES string of the molecule is Clc1cc(Cl)c2c(c1)SS[NH2+]2.[Cl-]. The van der Waals surface area contributed by atoms with E-state index in [1.807, 2.05) is 10.8 Å². The van der Waals surface area contributed by atoms with Gasteiger partial charge in [0.15, 0.2) is 16.7 Å². The molecule has 1 aromatic rings. The van der Waals surface area contributed by atoms with Gasteiger partial charge < -0.3 is 12.4 Å². The topological polar surface area (TPSA) is 16.6 Å². The van der Waals surface area contributed by atoms with Crippen molar-refractivity contribution in [3.05, 3.63) is 22.2 Å². The van der Waals surface area contributed by atoms with Gasteiger partial charge in [-0.05, 0) is 12.1 Å². The zero-order chi connectivity index (χ0) is 7.84. The number of hydrogen-bond acceptors (Lipinski definition) is 2. The molecule has 1 nitrogen and oxygen atoms in total. The Labute approximate surface area is 94.5 Å². The molecule has 1 heterocycles. The smallest absolute Gasteiger partial charge is 0.175 e. The lowest BCUT2D eigenvalue weighted by molar-refractivity contribution is -0.374. The fourth-order valence-corrected chi connectivity index (χ4v) is 3.77. The average molecular weight is 261 g/mol. The van der Waals surface area contributed by atoms with E-state index in [1.54, 1.807) is 27.8 Å². The van der Waals surface area contributed by atoms with Crippen LogP contribution in [0, 0.1) is 0 Å². The van der Waals surface area contributed by atoms with E-state index in [0.717, 1.165) is 15.6 Å². The second kappa shape index (κ2) is 4.31. The van der Waals surface area contributed by atoms with Gasteiger partial charge in [-0.1, -0.05) is 23.2 Å². The minimum atomic E-state index is 0. The van der Waals surface area contributed by atoms with Gasteiger partial charge in [-0.2, -0.15) is 0 Å². The predicted octanol–water partition coefficient (Wildman–Crippen LogP) is -0.139. The molecule has 6 heteroatoms. The molecule has 0 saturated carbocycles. The standard InChI is InChI=1S/C6H3Cl2NS2.ClH/c7-3-1-4(8)6-5(2-3)10-11-9-6;/h1-2,9H;1H. The first-order valence-electron chi connectivity index (χ1n) is 2.93. The summed E-state index contributed by atoms with van der Waals surface area (Å²) in [4.78, 5) is 1.16. The Morgan fingerprint density at radius 3 is 2.75 bits per heavy atom. The van der Waals surface area contributed by atoms with Crippen LogP contribution in [-0.4, -0.2) is 0 Å². The zero-order valence-corrected chi connectivity index (χ0v) is 9.58. The van der Waals surface area contributed by atoms with Crippen molar-refractivity contribution < 1.29 is 17.1 Å². The molecule has 0 unspecified atom stereocenters. The Bertz CT molecular complexity index is 305. The van der Waals surface area contributed by atoms with E-state index in [4.69, 9.17) is 23.2 Å². The van der Waals surface area contributed by atoms with E-state index >= 15 is 0 Å². The largest absolute Gasteiger partial charge is 1.00 e. The number of nitrogens with two attached hydrogens (primary N) is 1. The summed E-state index contributed by atoms with van der Waals surface area (Å²) in [6, 6.07) is 3.70. The van der Waals surface area contributed by atoms with Crippen LogP contribution in [-0.2, 0) is 0 Å². The Kier molecular flexibility index (Phi) is 3.89. The summed E-state index contributed by atoms with van der Waals surface area (Å²) in [5, 5.41) is 1.45. The van der Waals surface area contributed by atoms with Gasteiger partial charge in [0.25, 0.3) is 0 Å². The third-order valence-electron chi connectivity index (χ3n) is 1.36. The highest BCUT2D eigenvalue weighted by Gasteiger charge is 2.21. The molecule has 0 aliphatic carbocycles. The summed E-state index contributed by atoms with van der Waals surface area (Å²) in [5.41, 5.74) is 1.10. The van der Waals surface area contributed by atoms with Gasteiger partial charge in [-0.25, -0.2) is 4.72 Å². The molecule has 0 amide bonds. The van der Waals surface area contributed by atoms with Crippen molar-refractivity contribution in [2.75, 3.05) is 0 Å². The predicted molar refractivity (Wildman–Crippen MR) is 51.5 cm³/mol.